The molecule has 2 fully saturated rings. The first-order valence-electron chi connectivity index (χ1n) is 11.3. The van der Waals surface area contributed by atoms with Crippen molar-refractivity contribution < 1.29 is 28.9 Å². The molecule has 6 nitrogen and oxygen atoms in total. The Labute approximate surface area is 180 Å². The summed E-state index contributed by atoms with van der Waals surface area (Å²) >= 11 is 0. The minimum Gasteiger partial charge on any atom is -0.460 e. The minimum absolute atomic E-state index is 0.147. The van der Waals surface area contributed by atoms with Crippen LogP contribution in [0.2, 0.25) is 0 Å². The SMILES string of the molecule is CC(=O)O[C@H]1CC[C@@](C)(OC(C)=O)[C@@H]2O[C@H](C[C@]1(C)O)[C@H]1C(C)=CC[C@H](C(C)C)[C@H]12. The molecule has 0 unspecified atom stereocenters. The zero-order valence-electron chi connectivity index (χ0n) is 19.4. The van der Waals surface area contributed by atoms with Crippen molar-refractivity contribution in [2.45, 2.75) is 104 Å². The van der Waals surface area contributed by atoms with Gasteiger partial charge in [0.05, 0.1) is 6.10 Å². The molecule has 0 aromatic carbocycles. The molecular weight excluding hydrogens is 384 g/mol. The maximum absolute atomic E-state index is 12.1. The summed E-state index contributed by atoms with van der Waals surface area (Å²) in [5, 5.41) is 11.4. The van der Waals surface area contributed by atoms with Gasteiger partial charge >= 0.3 is 11.9 Å². The number of allylic oxidation sites excluding steroid dienone is 1. The first kappa shape index (κ1) is 23.3. The Morgan fingerprint density at radius 3 is 2.47 bits per heavy atom. The molecule has 0 amide bonds. The fraction of sp³-hybridized carbons (Fsp3) is 0.833. The average molecular weight is 423 g/mol. The fourth-order valence-electron chi connectivity index (χ4n) is 6.18. The number of aliphatic hydroxyl groups is 1. The second-order valence-electron chi connectivity index (χ2n) is 10.4. The van der Waals surface area contributed by atoms with Crippen LogP contribution in [-0.4, -0.2) is 46.6 Å². The van der Waals surface area contributed by atoms with Crippen LogP contribution in [-0.2, 0) is 23.8 Å². The summed E-state index contributed by atoms with van der Waals surface area (Å²) < 4.78 is 18.1. The first-order valence-corrected chi connectivity index (χ1v) is 11.3. The number of hydrogen-bond donors (Lipinski definition) is 1. The Kier molecular flexibility index (Phi) is 6.41. The molecule has 2 bridgehead atoms. The highest BCUT2D eigenvalue weighted by atomic mass is 16.6. The quantitative estimate of drug-likeness (QED) is 0.550. The molecule has 2 aliphatic heterocycles. The Balaban J connectivity index is 2.08. The van der Waals surface area contributed by atoms with Crippen molar-refractivity contribution in [2.24, 2.45) is 23.7 Å². The van der Waals surface area contributed by atoms with Gasteiger partial charge in [-0.1, -0.05) is 25.5 Å². The van der Waals surface area contributed by atoms with Crippen molar-refractivity contribution in [3.8, 4) is 0 Å². The number of rotatable bonds is 3. The van der Waals surface area contributed by atoms with Crippen LogP contribution in [0.3, 0.4) is 0 Å². The van der Waals surface area contributed by atoms with Crippen LogP contribution >= 0.6 is 0 Å². The van der Waals surface area contributed by atoms with Crippen LogP contribution in [0.25, 0.3) is 0 Å². The molecule has 1 aliphatic carbocycles. The zero-order valence-corrected chi connectivity index (χ0v) is 19.4. The molecule has 1 N–H and O–H groups in total. The molecular formula is C24H38O6. The second-order valence-corrected chi connectivity index (χ2v) is 10.4. The predicted molar refractivity (Wildman–Crippen MR) is 113 cm³/mol. The molecule has 2 heterocycles. The van der Waals surface area contributed by atoms with Gasteiger partial charge in [0.1, 0.15) is 23.4 Å². The van der Waals surface area contributed by atoms with Gasteiger partial charge in [-0.15, -0.1) is 0 Å². The summed E-state index contributed by atoms with van der Waals surface area (Å²) in [6.07, 6.45) is 3.35. The number of fused-ring (bicyclic) bond motifs is 5. The van der Waals surface area contributed by atoms with Crippen LogP contribution in [0.1, 0.15) is 74.1 Å². The van der Waals surface area contributed by atoms with Crippen molar-refractivity contribution in [2.75, 3.05) is 0 Å². The lowest BCUT2D eigenvalue weighted by atomic mass is 9.62. The Morgan fingerprint density at radius 2 is 1.90 bits per heavy atom. The van der Waals surface area contributed by atoms with Gasteiger partial charge < -0.3 is 19.3 Å². The molecule has 0 saturated carbocycles. The van der Waals surface area contributed by atoms with E-state index in [1.807, 2.05) is 6.92 Å². The van der Waals surface area contributed by atoms with Gasteiger partial charge in [-0.25, -0.2) is 0 Å². The van der Waals surface area contributed by atoms with Gasteiger partial charge in [-0.2, -0.15) is 0 Å². The minimum atomic E-state index is -1.23. The van der Waals surface area contributed by atoms with Crippen LogP contribution in [0, 0.1) is 23.7 Å². The molecule has 6 heteroatoms. The van der Waals surface area contributed by atoms with Gasteiger partial charge in [-0.05, 0) is 51.9 Å². The summed E-state index contributed by atoms with van der Waals surface area (Å²) in [7, 11) is 0. The summed E-state index contributed by atoms with van der Waals surface area (Å²) in [6.45, 7) is 13.1. The monoisotopic (exact) mass is 422 g/mol. The predicted octanol–water partition coefficient (Wildman–Crippen LogP) is 3.80. The van der Waals surface area contributed by atoms with E-state index in [9.17, 15) is 14.7 Å². The standard InChI is InChI=1S/C24H38O6/c1-13(2)17-9-8-14(3)20-18-12-23(6,27)19(28-15(4)25)10-11-24(7,30-16(5)26)22(29-18)21(17)20/h8,13,17-22,27H,9-12H2,1-7H3/t17-,18-,19+,20-,21-,22-,23+,24-/m1/s1. The fourth-order valence-corrected chi connectivity index (χ4v) is 6.18. The molecule has 2 saturated heterocycles. The lowest BCUT2D eigenvalue weighted by Crippen LogP contribution is -2.52. The van der Waals surface area contributed by atoms with E-state index in [2.05, 4.69) is 26.8 Å². The van der Waals surface area contributed by atoms with Gasteiger partial charge in [0.2, 0.25) is 0 Å². The summed E-state index contributed by atoms with van der Waals surface area (Å²) in [6, 6.07) is 0. The first-order chi connectivity index (χ1) is 13.9. The van der Waals surface area contributed by atoms with E-state index in [0.717, 1.165) is 6.42 Å². The molecule has 30 heavy (non-hydrogen) atoms. The summed E-state index contributed by atoms with van der Waals surface area (Å²) in [4.78, 5) is 23.8. The van der Waals surface area contributed by atoms with Crippen molar-refractivity contribution in [1.29, 1.82) is 0 Å². The van der Waals surface area contributed by atoms with Crippen molar-refractivity contribution in [3.63, 3.8) is 0 Å². The maximum atomic E-state index is 12.1. The molecule has 8 atom stereocenters. The number of carbonyl (C=O) groups is 2. The Bertz CT molecular complexity index is 710. The van der Waals surface area contributed by atoms with E-state index < -0.39 is 23.3 Å². The average Bonchev–Trinajstić information content (AvgIpc) is 2.98. The number of ether oxygens (including phenoxy) is 3. The number of carbonyl (C=O) groups excluding carboxylic acids is 2. The molecule has 0 aromatic rings. The van der Waals surface area contributed by atoms with E-state index in [0.29, 0.717) is 31.1 Å². The highest BCUT2D eigenvalue weighted by Gasteiger charge is 2.60. The molecule has 3 rings (SSSR count). The van der Waals surface area contributed by atoms with E-state index >= 15 is 0 Å². The smallest absolute Gasteiger partial charge is 0.303 e. The molecule has 0 aromatic heterocycles. The van der Waals surface area contributed by atoms with E-state index in [1.165, 1.54) is 19.4 Å². The number of esters is 2. The molecule has 0 radical (unpaired) electrons. The third kappa shape index (κ3) is 4.31. The van der Waals surface area contributed by atoms with Crippen LogP contribution < -0.4 is 0 Å². The summed E-state index contributed by atoms with van der Waals surface area (Å²) in [5.74, 6) is 0.466. The van der Waals surface area contributed by atoms with Crippen LogP contribution in [0.5, 0.6) is 0 Å². The van der Waals surface area contributed by atoms with Crippen LogP contribution in [0.4, 0.5) is 0 Å². The Morgan fingerprint density at radius 1 is 1.23 bits per heavy atom. The molecule has 0 spiro atoms. The largest absolute Gasteiger partial charge is 0.460 e. The third-order valence-electron chi connectivity index (χ3n) is 7.57. The lowest BCUT2D eigenvalue weighted by molar-refractivity contribution is -0.179. The van der Waals surface area contributed by atoms with E-state index in [-0.39, 0.29) is 30.0 Å². The van der Waals surface area contributed by atoms with E-state index in [1.54, 1.807) is 6.92 Å². The van der Waals surface area contributed by atoms with E-state index in [4.69, 9.17) is 14.2 Å². The van der Waals surface area contributed by atoms with Gasteiger partial charge in [0, 0.05) is 32.1 Å². The Hall–Kier alpha value is -1.40. The lowest BCUT2D eigenvalue weighted by Gasteiger charge is -2.45. The zero-order chi connectivity index (χ0) is 22.4. The highest BCUT2D eigenvalue weighted by molar-refractivity contribution is 5.67. The second kappa shape index (κ2) is 8.27. The van der Waals surface area contributed by atoms with Crippen molar-refractivity contribution in [1.82, 2.24) is 0 Å². The third-order valence-corrected chi connectivity index (χ3v) is 7.57. The normalized spacial score (nSPS) is 43.7. The summed E-state index contributed by atoms with van der Waals surface area (Å²) in [5.41, 5.74) is -0.815. The molecule has 170 valence electrons. The van der Waals surface area contributed by atoms with Gasteiger partial charge in [-0.3, -0.25) is 9.59 Å². The molecule has 3 aliphatic rings. The number of hydrogen-bond acceptors (Lipinski definition) is 6. The topological polar surface area (TPSA) is 82.1 Å². The highest BCUT2D eigenvalue weighted by Crippen LogP contribution is 2.54. The van der Waals surface area contributed by atoms with Crippen molar-refractivity contribution >= 4 is 11.9 Å². The van der Waals surface area contributed by atoms with Crippen molar-refractivity contribution in [3.05, 3.63) is 11.6 Å². The van der Waals surface area contributed by atoms with Crippen LogP contribution in [0.15, 0.2) is 11.6 Å². The van der Waals surface area contributed by atoms with Gasteiger partial charge in [0.15, 0.2) is 0 Å². The maximum Gasteiger partial charge on any atom is 0.303 e. The van der Waals surface area contributed by atoms with Gasteiger partial charge in [0.25, 0.3) is 0 Å².